The van der Waals surface area contributed by atoms with Gasteiger partial charge in [0, 0.05) is 11.6 Å². The number of hydrogen-bond acceptors (Lipinski definition) is 2. The van der Waals surface area contributed by atoms with Crippen LogP contribution in [0.4, 0.5) is 10.1 Å². The highest BCUT2D eigenvalue weighted by molar-refractivity contribution is 6.30. The smallest absolute Gasteiger partial charge is 0.146 e. The lowest BCUT2D eigenvalue weighted by atomic mass is 10.1. The summed E-state index contributed by atoms with van der Waals surface area (Å²) in [5.41, 5.74) is 3.00. The van der Waals surface area contributed by atoms with E-state index in [0.29, 0.717) is 22.8 Å². The second-order valence-electron chi connectivity index (χ2n) is 4.23. The van der Waals surface area contributed by atoms with Crippen molar-refractivity contribution in [2.45, 2.75) is 13.5 Å². The molecular weight excluding hydrogens is 263 g/mol. The minimum Gasteiger partial charge on any atom is -0.379 e. The molecule has 0 amide bonds. The van der Waals surface area contributed by atoms with E-state index < -0.39 is 0 Å². The number of nitrogens with one attached hydrogen (secondary N) is 1. The number of benzene rings is 2. The Labute approximate surface area is 116 Å². The van der Waals surface area contributed by atoms with Crippen molar-refractivity contribution < 1.29 is 4.39 Å². The van der Waals surface area contributed by atoms with Crippen molar-refractivity contribution in [1.82, 2.24) is 0 Å². The third-order valence-corrected chi connectivity index (χ3v) is 3.10. The molecule has 2 nitrogen and oxygen atoms in total. The summed E-state index contributed by atoms with van der Waals surface area (Å²) in [6, 6.07) is 11.9. The van der Waals surface area contributed by atoms with Gasteiger partial charge in [0.15, 0.2) is 0 Å². The number of rotatable bonds is 3. The van der Waals surface area contributed by atoms with Gasteiger partial charge in [-0.05, 0) is 48.4 Å². The van der Waals surface area contributed by atoms with Gasteiger partial charge >= 0.3 is 0 Å². The number of anilines is 1. The summed E-state index contributed by atoms with van der Waals surface area (Å²) < 4.78 is 13.5. The zero-order valence-corrected chi connectivity index (χ0v) is 11.1. The maximum absolute atomic E-state index is 13.5. The first-order chi connectivity index (χ1) is 9.10. The Morgan fingerprint density at radius 1 is 1.26 bits per heavy atom. The molecule has 0 heterocycles. The molecule has 2 aromatic carbocycles. The molecule has 0 saturated carbocycles. The molecule has 96 valence electrons. The molecule has 0 saturated heterocycles. The number of nitriles is 1. The van der Waals surface area contributed by atoms with Crippen LogP contribution in [0.25, 0.3) is 0 Å². The highest BCUT2D eigenvalue weighted by atomic mass is 35.5. The lowest BCUT2D eigenvalue weighted by Gasteiger charge is -2.10. The van der Waals surface area contributed by atoms with Gasteiger partial charge in [0.05, 0.1) is 17.3 Å². The Bertz CT molecular complexity index is 647. The van der Waals surface area contributed by atoms with Crippen molar-refractivity contribution in [3.63, 3.8) is 0 Å². The molecule has 0 fully saturated rings. The van der Waals surface area contributed by atoms with Crippen LogP contribution in [-0.4, -0.2) is 0 Å². The van der Waals surface area contributed by atoms with E-state index in [1.54, 1.807) is 12.1 Å². The van der Waals surface area contributed by atoms with E-state index >= 15 is 0 Å². The van der Waals surface area contributed by atoms with E-state index in [1.807, 2.05) is 19.1 Å². The summed E-state index contributed by atoms with van der Waals surface area (Å²) in [6.07, 6.45) is 0. The first kappa shape index (κ1) is 13.4. The highest BCUT2D eigenvalue weighted by Crippen LogP contribution is 2.21. The predicted molar refractivity (Wildman–Crippen MR) is 74.6 cm³/mol. The molecule has 1 N–H and O–H groups in total. The summed E-state index contributed by atoms with van der Waals surface area (Å²) in [7, 11) is 0. The molecule has 0 atom stereocenters. The van der Waals surface area contributed by atoms with Crippen LogP contribution in [0.15, 0.2) is 36.4 Å². The van der Waals surface area contributed by atoms with E-state index in [0.717, 1.165) is 11.1 Å². The summed E-state index contributed by atoms with van der Waals surface area (Å²) >= 11 is 5.83. The van der Waals surface area contributed by atoms with E-state index in [1.165, 1.54) is 12.1 Å². The normalized spacial score (nSPS) is 10.0. The molecule has 2 aromatic rings. The minimum atomic E-state index is -0.337. The van der Waals surface area contributed by atoms with E-state index in [2.05, 4.69) is 11.4 Å². The van der Waals surface area contributed by atoms with Gasteiger partial charge in [0.25, 0.3) is 0 Å². The largest absolute Gasteiger partial charge is 0.379 e. The molecular formula is C15H12ClFN2. The molecule has 0 aliphatic carbocycles. The van der Waals surface area contributed by atoms with Gasteiger partial charge in [-0.15, -0.1) is 0 Å². The molecule has 0 aliphatic heterocycles. The Morgan fingerprint density at radius 2 is 2.05 bits per heavy atom. The van der Waals surface area contributed by atoms with Gasteiger partial charge in [0.2, 0.25) is 0 Å². The third-order valence-electron chi connectivity index (χ3n) is 2.87. The molecule has 0 spiro atoms. The first-order valence-corrected chi connectivity index (χ1v) is 6.16. The standard InChI is InChI=1S/C15H12ClFN2/c1-10-6-11(8-18)2-3-12(10)9-19-15-7-13(16)4-5-14(15)17/h2-7,19H,9H2,1H3. The highest BCUT2D eigenvalue weighted by Gasteiger charge is 2.04. The van der Waals surface area contributed by atoms with Crippen molar-refractivity contribution >= 4 is 17.3 Å². The fourth-order valence-corrected chi connectivity index (χ4v) is 1.96. The molecule has 0 bridgehead atoms. The first-order valence-electron chi connectivity index (χ1n) is 5.78. The van der Waals surface area contributed by atoms with Crippen LogP contribution in [0.2, 0.25) is 5.02 Å². The molecule has 0 aromatic heterocycles. The van der Waals surface area contributed by atoms with Crippen LogP contribution in [0.1, 0.15) is 16.7 Å². The number of nitrogens with zero attached hydrogens (tertiary/aromatic N) is 1. The number of halogens is 2. The molecule has 2 rings (SSSR count). The van der Waals surface area contributed by atoms with Crippen molar-refractivity contribution in [3.05, 3.63) is 63.9 Å². The van der Waals surface area contributed by atoms with Gasteiger partial charge < -0.3 is 5.32 Å². The minimum absolute atomic E-state index is 0.337. The van der Waals surface area contributed by atoms with Gasteiger partial charge in [0.1, 0.15) is 5.82 Å². The topological polar surface area (TPSA) is 35.8 Å². The van der Waals surface area contributed by atoms with Crippen LogP contribution in [-0.2, 0) is 6.54 Å². The second kappa shape index (κ2) is 5.73. The van der Waals surface area contributed by atoms with E-state index in [9.17, 15) is 4.39 Å². The quantitative estimate of drug-likeness (QED) is 0.907. The van der Waals surface area contributed by atoms with Gasteiger partial charge in [-0.1, -0.05) is 17.7 Å². The fourth-order valence-electron chi connectivity index (χ4n) is 1.79. The maximum atomic E-state index is 13.5. The van der Waals surface area contributed by atoms with Crippen molar-refractivity contribution in [1.29, 1.82) is 5.26 Å². The van der Waals surface area contributed by atoms with Gasteiger partial charge in [-0.25, -0.2) is 4.39 Å². The van der Waals surface area contributed by atoms with E-state index in [4.69, 9.17) is 16.9 Å². The Hall–Kier alpha value is -2.05. The van der Waals surface area contributed by atoms with Crippen LogP contribution in [0.3, 0.4) is 0 Å². The third kappa shape index (κ3) is 3.24. The zero-order chi connectivity index (χ0) is 13.8. The Kier molecular flexibility index (Phi) is 4.03. The molecule has 4 heteroatoms. The van der Waals surface area contributed by atoms with Crippen molar-refractivity contribution in [2.75, 3.05) is 5.32 Å². The fraction of sp³-hybridized carbons (Fsp3) is 0.133. The average Bonchev–Trinajstić information content (AvgIpc) is 2.40. The lowest BCUT2D eigenvalue weighted by Crippen LogP contribution is -2.03. The number of aryl methyl sites for hydroxylation is 1. The number of hydrogen-bond donors (Lipinski definition) is 1. The van der Waals surface area contributed by atoms with Crippen LogP contribution >= 0.6 is 11.6 Å². The van der Waals surface area contributed by atoms with Crippen molar-refractivity contribution in [3.8, 4) is 6.07 Å². The molecule has 0 unspecified atom stereocenters. The summed E-state index contributed by atoms with van der Waals surface area (Å²) in [5.74, 6) is -0.337. The summed E-state index contributed by atoms with van der Waals surface area (Å²) in [5, 5.41) is 12.3. The Balaban J connectivity index is 2.15. The maximum Gasteiger partial charge on any atom is 0.146 e. The Morgan fingerprint density at radius 3 is 2.74 bits per heavy atom. The monoisotopic (exact) mass is 274 g/mol. The molecule has 0 aliphatic rings. The molecule has 19 heavy (non-hydrogen) atoms. The van der Waals surface area contributed by atoms with Crippen LogP contribution in [0.5, 0.6) is 0 Å². The van der Waals surface area contributed by atoms with Crippen LogP contribution in [0, 0.1) is 24.1 Å². The van der Waals surface area contributed by atoms with Gasteiger partial charge in [-0.2, -0.15) is 5.26 Å². The summed E-state index contributed by atoms with van der Waals surface area (Å²) in [4.78, 5) is 0. The van der Waals surface area contributed by atoms with Crippen LogP contribution < -0.4 is 5.32 Å². The molecule has 0 radical (unpaired) electrons. The zero-order valence-electron chi connectivity index (χ0n) is 10.4. The predicted octanol–water partition coefficient (Wildman–Crippen LogP) is 4.27. The van der Waals surface area contributed by atoms with E-state index in [-0.39, 0.29) is 5.82 Å². The second-order valence-corrected chi connectivity index (χ2v) is 4.67. The van der Waals surface area contributed by atoms with Gasteiger partial charge in [-0.3, -0.25) is 0 Å². The SMILES string of the molecule is Cc1cc(C#N)ccc1CNc1cc(Cl)ccc1F. The lowest BCUT2D eigenvalue weighted by molar-refractivity contribution is 0.630. The summed E-state index contributed by atoms with van der Waals surface area (Å²) in [6.45, 7) is 2.40. The average molecular weight is 275 g/mol. The van der Waals surface area contributed by atoms with Crippen molar-refractivity contribution in [2.24, 2.45) is 0 Å².